The van der Waals surface area contributed by atoms with Gasteiger partial charge in [-0.25, -0.2) is 9.50 Å². The van der Waals surface area contributed by atoms with Gasteiger partial charge in [0, 0.05) is 47.0 Å². The number of carbonyl (C=O) groups is 1. The minimum absolute atomic E-state index is 0.160. The number of alkyl halides is 3. The van der Waals surface area contributed by atoms with Gasteiger partial charge in [0.15, 0.2) is 5.65 Å². The molecule has 0 aliphatic rings. The van der Waals surface area contributed by atoms with E-state index >= 15 is 0 Å². The van der Waals surface area contributed by atoms with Gasteiger partial charge in [-0.3, -0.25) is 9.78 Å². The molecular weight excluding hydrogens is 479 g/mol. The topological polar surface area (TPSA) is 72.2 Å². The van der Waals surface area contributed by atoms with Crippen LogP contribution in [0.5, 0.6) is 0 Å². The molecule has 0 radical (unpaired) electrons. The summed E-state index contributed by atoms with van der Waals surface area (Å²) in [4.78, 5) is 21.1. The lowest BCUT2D eigenvalue weighted by Crippen LogP contribution is -2.14. The largest absolute Gasteiger partial charge is 0.417 e. The van der Waals surface area contributed by atoms with Gasteiger partial charge in [-0.1, -0.05) is 23.7 Å². The van der Waals surface area contributed by atoms with E-state index in [1.54, 1.807) is 47.4 Å². The molecule has 5 aromatic rings. The van der Waals surface area contributed by atoms with Crippen LogP contribution < -0.4 is 5.32 Å². The Morgan fingerprint density at radius 2 is 1.71 bits per heavy atom. The third-order valence-electron chi connectivity index (χ3n) is 5.28. The van der Waals surface area contributed by atoms with Crippen LogP contribution in [0.15, 0.2) is 85.3 Å². The maximum atomic E-state index is 13.2. The highest BCUT2D eigenvalue weighted by Crippen LogP contribution is 2.35. The number of anilines is 1. The van der Waals surface area contributed by atoms with E-state index in [9.17, 15) is 18.0 Å². The van der Waals surface area contributed by atoms with Crippen LogP contribution in [0.3, 0.4) is 0 Å². The van der Waals surface area contributed by atoms with Crippen LogP contribution in [-0.2, 0) is 6.18 Å². The van der Waals surface area contributed by atoms with E-state index in [1.807, 2.05) is 24.3 Å². The summed E-state index contributed by atoms with van der Waals surface area (Å²) in [6, 6.07) is 17.3. The molecule has 0 bridgehead atoms. The van der Waals surface area contributed by atoms with Crippen molar-refractivity contribution in [1.82, 2.24) is 19.6 Å². The fourth-order valence-corrected chi connectivity index (χ4v) is 3.85. The van der Waals surface area contributed by atoms with Crippen molar-refractivity contribution in [2.75, 3.05) is 5.32 Å². The number of rotatable bonds is 4. The highest BCUT2D eigenvalue weighted by atomic mass is 35.5. The Morgan fingerprint density at radius 1 is 0.914 bits per heavy atom. The number of aromatic nitrogens is 4. The van der Waals surface area contributed by atoms with E-state index < -0.39 is 22.7 Å². The van der Waals surface area contributed by atoms with Crippen LogP contribution in [0.4, 0.5) is 18.9 Å². The molecule has 0 aliphatic carbocycles. The molecule has 0 unspecified atom stereocenters. The van der Waals surface area contributed by atoms with E-state index in [-0.39, 0.29) is 5.56 Å². The average molecular weight is 494 g/mol. The predicted octanol–water partition coefficient (Wildman–Crippen LogP) is 6.38. The van der Waals surface area contributed by atoms with Gasteiger partial charge in [-0.05, 0) is 48.5 Å². The van der Waals surface area contributed by atoms with Crippen molar-refractivity contribution < 1.29 is 18.0 Å². The molecule has 1 amide bonds. The van der Waals surface area contributed by atoms with Crippen LogP contribution in [0.1, 0.15) is 15.9 Å². The Bertz CT molecular complexity index is 1550. The maximum Gasteiger partial charge on any atom is 0.417 e. The summed E-state index contributed by atoms with van der Waals surface area (Å²) in [5.41, 5.74) is 2.87. The van der Waals surface area contributed by atoms with Gasteiger partial charge < -0.3 is 5.32 Å². The van der Waals surface area contributed by atoms with Crippen LogP contribution in [-0.4, -0.2) is 25.5 Å². The van der Waals surface area contributed by atoms with Crippen LogP contribution in [0.2, 0.25) is 5.02 Å². The number of nitrogens with one attached hydrogen (secondary N) is 1. The molecule has 174 valence electrons. The Hall–Kier alpha value is -4.24. The SMILES string of the molecule is O=C(Nc1cccc(-c2ccnc3cc(-c4ccncc4)nn23)c1)c1ccc(Cl)c(C(F)(F)F)c1. The number of benzene rings is 2. The summed E-state index contributed by atoms with van der Waals surface area (Å²) in [5.74, 6) is -0.691. The molecule has 0 fully saturated rings. The number of pyridine rings is 1. The van der Waals surface area contributed by atoms with Crippen molar-refractivity contribution in [3.63, 3.8) is 0 Å². The van der Waals surface area contributed by atoms with Crippen molar-refractivity contribution in [1.29, 1.82) is 0 Å². The number of fused-ring (bicyclic) bond motifs is 1. The lowest BCUT2D eigenvalue weighted by atomic mass is 10.1. The zero-order valence-electron chi connectivity index (χ0n) is 17.8. The number of nitrogens with zero attached hydrogens (tertiary/aromatic N) is 4. The van der Waals surface area contributed by atoms with Crippen molar-refractivity contribution in [2.45, 2.75) is 6.18 Å². The first-order valence-corrected chi connectivity index (χ1v) is 10.7. The molecule has 2 aromatic carbocycles. The van der Waals surface area contributed by atoms with Gasteiger partial charge in [-0.2, -0.15) is 18.3 Å². The van der Waals surface area contributed by atoms with Gasteiger partial charge in [0.25, 0.3) is 5.91 Å². The van der Waals surface area contributed by atoms with E-state index in [0.717, 1.165) is 34.6 Å². The van der Waals surface area contributed by atoms with Crippen molar-refractivity contribution >= 4 is 28.8 Å². The summed E-state index contributed by atoms with van der Waals surface area (Å²) in [6.45, 7) is 0. The predicted molar refractivity (Wildman–Crippen MR) is 126 cm³/mol. The number of carbonyl (C=O) groups excluding carboxylic acids is 1. The van der Waals surface area contributed by atoms with Crippen LogP contribution in [0, 0.1) is 0 Å². The maximum absolute atomic E-state index is 13.2. The smallest absolute Gasteiger partial charge is 0.322 e. The first-order valence-electron chi connectivity index (χ1n) is 10.3. The number of hydrogen-bond acceptors (Lipinski definition) is 4. The minimum Gasteiger partial charge on any atom is -0.322 e. The minimum atomic E-state index is -4.67. The van der Waals surface area contributed by atoms with Crippen molar-refractivity contribution in [3.05, 3.63) is 101 Å². The molecule has 3 heterocycles. The molecule has 0 saturated heterocycles. The van der Waals surface area contributed by atoms with E-state index in [1.165, 1.54) is 6.07 Å². The van der Waals surface area contributed by atoms with E-state index in [0.29, 0.717) is 11.3 Å². The average Bonchev–Trinajstić information content (AvgIpc) is 3.29. The molecule has 1 N–H and O–H groups in total. The second-order valence-corrected chi connectivity index (χ2v) is 8.00. The van der Waals surface area contributed by atoms with Crippen molar-refractivity contribution in [2.24, 2.45) is 0 Å². The Balaban J connectivity index is 1.46. The number of amides is 1. The monoisotopic (exact) mass is 493 g/mol. The lowest BCUT2D eigenvalue weighted by Gasteiger charge is -2.12. The molecule has 0 spiro atoms. The first-order chi connectivity index (χ1) is 16.8. The molecule has 35 heavy (non-hydrogen) atoms. The highest BCUT2D eigenvalue weighted by Gasteiger charge is 2.33. The molecule has 3 aromatic heterocycles. The highest BCUT2D eigenvalue weighted by molar-refractivity contribution is 6.31. The summed E-state index contributed by atoms with van der Waals surface area (Å²) < 4.78 is 41.2. The molecule has 0 atom stereocenters. The molecular formula is C25H15ClF3N5O. The molecule has 5 rings (SSSR count). The van der Waals surface area contributed by atoms with Gasteiger partial charge in [-0.15, -0.1) is 0 Å². The second kappa shape index (κ2) is 8.84. The van der Waals surface area contributed by atoms with E-state index in [4.69, 9.17) is 11.6 Å². The number of hydrogen-bond donors (Lipinski definition) is 1. The molecule has 6 nitrogen and oxygen atoms in total. The van der Waals surface area contributed by atoms with Gasteiger partial charge in [0.2, 0.25) is 0 Å². The summed E-state index contributed by atoms with van der Waals surface area (Å²) in [7, 11) is 0. The Morgan fingerprint density at radius 3 is 2.49 bits per heavy atom. The fourth-order valence-electron chi connectivity index (χ4n) is 3.62. The summed E-state index contributed by atoms with van der Waals surface area (Å²) >= 11 is 5.65. The molecule has 10 heteroatoms. The quantitative estimate of drug-likeness (QED) is 0.315. The zero-order valence-corrected chi connectivity index (χ0v) is 18.5. The summed E-state index contributed by atoms with van der Waals surface area (Å²) in [6.07, 6.45) is 0.343. The van der Waals surface area contributed by atoms with Gasteiger partial charge in [0.05, 0.1) is 22.0 Å². The third kappa shape index (κ3) is 4.58. The Labute approximate surface area is 202 Å². The molecule has 0 saturated carbocycles. The van der Waals surface area contributed by atoms with Crippen molar-refractivity contribution in [3.8, 4) is 22.5 Å². The Kier molecular flexibility index (Phi) is 5.70. The normalized spacial score (nSPS) is 11.5. The summed E-state index contributed by atoms with van der Waals surface area (Å²) in [5, 5.41) is 6.83. The standard InChI is InChI=1S/C25H15ClF3N5O/c26-20-5-4-17(13-19(20)25(27,28)29)24(35)32-18-3-1-2-16(12-18)22-8-11-31-23-14-21(33-34(22)23)15-6-9-30-10-7-15/h1-14H,(H,32,35). The van der Waals surface area contributed by atoms with Gasteiger partial charge in [0.1, 0.15) is 0 Å². The zero-order chi connectivity index (χ0) is 24.6. The fraction of sp³-hybridized carbons (Fsp3) is 0.0400. The van der Waals surface area contributed by atoms with Crippen LogP contribution >= 0.6 is 11.6 Å². The van der Waals surface area contributed by atoms with Crippen LogP contribution in [0.25, 0.3) is 28.2 Å². The van der Waals surface area contributed by atoms with Gasteiger partial charge >= 0.3 is 6.18 Å². The first kappa shape index (κ1) is 22.5. The number of halogens is 4. The molecule has 0 aliphatic heterocycles. The second-order valence-electron chi connectivity index (χ2n) is 7.59. The third-order valence-corrected chi connectivity index (χ3v) is 5.61. The van der Waals surface area contributed by atoms with E-state index in [2.05, 4.69) is 20.4 Å². The lowest BCUT2D eigenvalue weighted by molar-refractivity contribution is -0.137.